The summed E-state index contributed by atoms with van der Waals surface area (Å²) < 4.78 is 18.8. The van der Waals surface area contributed by atoms with E-state index in [1.165, 1.54) is 24.3 Å². The van der Waals surface area contributed by atoms with Crippen LogP contribution >= 0.6 is 17.7 Å². The lowest BCUT2D eigenvalue weighted by Crippen LogP contribution is -2.30. The molecule has 0 aliphatic rings. The molecule has 0 heterocycles. The first-order chi connectivity index (χ1) is 14.4. The minimum absolute atomic E-state index is 0.00621. The second kappa shape index (κ2) is 9.57. The van der Waals surface area contributed by atoms with E-state index in [9.17, 15) is 19.5 Å². The molecule has 0 saturated heterocycles. The predicted molar refractivity (Wildman–Crippen MR) is 115 cm³/mol. The zero-order chi connectivity index (χ0) is 21.6. The lowest BCUT2D eigenvalue weighted by atomic mass is 10.2. The molecule has 30 heavy (non-hydrogen) atoms. The van der Waals surface area contributed by atoms with E-state index in [0.717, 1.165) is 5.56 Å². The number of hydrogen-bond donors (Lipinski definition) is 1. The standard InChI is InChI=1S/C21H18ClN2O5P/c22-30(28,19-12-5-2-6-13-19)20(17-10-7-11-18(14-17)24(26)27)23-21(25)29-15-16-8-3-1-4-9-16/h1-14,20H,15H2,(H,23,25). The van der Waals surface area contributed by atoms with E-state index in [0.29, 0.717) is 5.30 Å². The third-order valence-electron chi connectivity index (χ3n) is 4.30. The summed E-state index contributed by atoms with van der Waals surface area (Å²) in [7, 11) is 0. The van der Waals surface area contributed by atoms with Crippen LogP contribution in [0, 0.1) is 10.1 Å². The highest BCUT2D eigenvalue weighted by molar-refractivity contribution is 7.95. The number of carbonyl (C=O) groups excluding carboxylic acids is 1. The average Bonchev–Trinajstić information content (AvgIpc) is 2.77. The number of alkyl carbamates (subject to hydrolysis) is 1. The highest BCUT2D eigenvalue weighted by atomic mass is 35.7. The Hall–Kier alpha value is -3.15. The number of ether oxygens (including phenoxy) is 1. The maximum Gasteiger partial charge on any atom is 0.408 e. The lowest BCUT2D eigenvalue weighted by molar-refractivity contribution is -0.384. The van der Waals surface area contributed by atoms with E-state index >= 15 is 0 Å². The molecule has 3 aromatic rings. The molecule has 0 aliphatic carbocycles. The van der Waals surface area contributed by atoms with Crippen molar-refractivity contribution < 1.29 is 19.0 Å². The molecule has 0 spiro atoms. The van der Waals surface area contributed by atoms with Crippen LogP contribution in [0.25, 0.3) is 0 Å². The molecule has 0 aliphatic heterocycles. The smallest absolute Gasteiger partial charge is 0.408 e. The largest absolute Gasteiger partial charge is 0.445 e. The Kier molecular flexibility index (Phi) is 6.87. The topological polar surface area (TPSA) is 98.5 Å². The van der Waals surface area contributed by atoms with Gasteiger partial charge in [0.15, 0.2) is 0 Å². The Morgan fingerprint density at radius 3 is 2.30 bits per heavy atom. The van der Waals surface area contributed by atoms with Gasteiger partial charge in [-0.2, -0.15) is 0 Å². The van der Waals surface area contributed by atoms with Crippen LogP contribution in [-0.4, -0.2) is 11.0 Å². The number of benzene rings is 3. The Labute approximate surface area is 178 Å². The van der Waals surface area contributed by atoms with E-state index in [1.807, 2.05) is 18.2 Å². The summed E-state index contributed by atoms with van der Waals surface area (Å²) in [5, 5.41) is 14.0. The zero-order valence-corrected chi connectivity index (χ0v) is 17.3. The molecule has 0 saturated carbocycles. The molecule has 2 atom stereocenters. The van der Waals surface area contributed by atoms with Crippen LogP contribution in [0.1, 0.15) is 16.9 Å². The predicted octanol–water partition coefficient (Wildman–Crippen LogP) is 5.36. The molecule has 7 nitrogen and oxygen atoms in total. The summed E-state index contributed by atoms with van der Waals surface area (Å²) in [5.74, 6) is -1.22. The second-order valence-corrected chi connectivity index (χ2v) is 10.1. The van der Waals surface area contributed by atoms with Crippen LogP contribution in [0.5, 0.6) is 0 Å². The van der Waals surface area contributed by atoms with Crippen LogP contribution in [0.2, 0.25) is 0 Å². The van der Waals surface area contributed by atoms with Gasteiger partial charge in [0.1, 0.15) is 12.4 Å². The molecule has 0 radical (unpaired) electrons. The van der Waals surface area contributed by atoms with Crippen LogP contribution in [-0.2, 0) is 15.9 Å². The number of carbonyl (C=O) groups is 1. The van der Waals surface area contributed by atoms with Crippen molar-refractivity contribution in [2.75, 3.05) is 0 Å². The first-order valence-electron chi connectivity index (χ1n) is 8.94. The summed E-state index contributed by atoms with van der Waals surface area (Å²) in [5.41, 5.74) is 0.807. The van der Waals surface area contributed by atoms with Crippen molar-refractivity contribution in [3.05, 3.63) is 106 Å². The lowest BCUT2D eigenvalue weighted by Gasteiger charge is -2.24. The van der Waals surface area contributed by atoms with E-state index < -0.39 is 23.3 Å². The molecular formula is C21H18ClN2O5P. The summed E-state index contributed by atoms with van der Waals surface area (Å²) >= 11 is 6.47. The van der Waals surface area contributed by atoms with Gasteiger partial charge in [-0.3, -0.25) is 14.7 Å². The van der Waals surface area contributed by atoms with Gasteiger partial charge >= 0.3 is 6.09 Å². The van der Waals surface area contributed by atoms with Crippen molar-refractivity contribution in [2.24, 2.45) is 0 Å². The van der Waals surface area contributed by atoms with Gasteiger partial charge in [-0.05, 0) is 22.4 Å². The van der Waals surface area contributed by atoms with E-state index in [1.54, 1.807) is 42.5 Å². The third kappa shape index (κ3) is 5.26. The fraction of sp³-hybridized carbons (Fsp3) is 0.0952. The van der Waals surface area contributed by atoms with E-state index in [-0.39, 0.29) is 17.9 Å². The SMILES string of the molecule is O=C(NC(c1cccc([N+](=O)[O-])c1)P(=O)(Cl)c1ccccc1)OCc1ccccc1. The number of halogens is 1. The van der Waals surface area contributed by atoms with Crippen LogP contribution in [0.15, 0.2) is 84.9 Å². The Morgan fingerprint density at radius 1 is 1.03 bits per heavy atom. The molecule has 3 rings (SSSR count). The molecule has 9 heteroatoms. The molecule has 154 valence electrons. The van der Waals surface area contributed by atoms with Crippen LogP contribution in [0.3, 0.4) is 0 Å². The van der Waals surface area contributed by atoms with Gasteiger partial charge in [-0.25, -0.2) is 4.79 Å². The van der Waals surface area contributed by atoms with Crippen LogP contribution < -0.4 is 10.6 Å². The molecule has 0 fully saturated rings. The summed E-state index contributed by atoms with van der Waals surface area (Å²) in [6.07, 6.45) is -0.841. The number of amides is 1. The highest BCUT2D eigenvalue weighted by Crippen LogP contribution is 2.61. The number of hydrogen-bond acceptors (Lipinski definition) is 5. The van der Waals surface area contributed by atoms with Crippen LogP contribution in [0.4, 0.5) is 10.5 Å². The Morgan fingerprint density at radius 2 is 1.67 bits per heavy atom. The van der Waals surface area contributed by atoms with Gasteiger partial charge in [-0.15, -0.1) is 0 Å². The number of rotatable bonds is 7. The first-order valence-corrected chi connectivity index (χ1v) is 11.6. The Balaban J connectivity index is 1.89. The van der Waals surface area contributed by atoms with Gasteiger partial charge < -0.3 is 10.1 Å². The van der Waals surface area contributed by atoms with Crippen molar-refractivity contribution in [1.29, 1.82) is 0 Å². The maximum atomic E-state index is 13.5. The van der Waals surface area contributed by atoms with Crippen molar-refractivity contribution in [3.8, 4) is 0 Å². The second-order valence-electron chi connectivity index (χ2n) is 6.37. The van der Waals surface area contributed by atoms with Crippen molar-refractivity contribution in [1.82, 2.24) is 5.32 Å². The van der Waals surface area contributed by atoms with Crippen molar-refractivity contribution >= 4 is 34.8 Å². The quantitative estimate of drug-likeness (QED) is 0.300. The fourth-order valence-electron chi connectivity index (χ4n) is 2.82. The average molecular weight is 445 g/mol. The van der Waals surface area contributed by atoms with Crippen molar-refractivity contribution in [2.45, 2.75) is 12.4 Å². The van der Waals surface area contributed by atoms with Gasteiger partial charge in [0.05, 0.1) is 4.92 Å². The molecule has 0 aromatic heterocycles. The number of nitrogens with one attached hydrogen (secondary N) is 1. The van der Waals surface area contributed by atoms with Gasteiger partial charge in [-0.1, -0.05) is 72.8 Å². The van der Waals surface area contributed by atoms with Gasteiger partial charge in [0.2, 0.25) is 6.49 Å². The third-order valence-corrected chi connectivity index (χ3v) is 7.57. The van der Waals surface area contributed by atoms with E-state index in [4.69, 9.17) is 16.0 Å². The number of nitro groups is 1. The molecule has 1 amide bonds. The summed E-state index contributed by atoms with van der Waals surface area (Å²) in [6.45, 7) is -3.73. The van der Waals surface area contributed by atoms with Gasteiger partial charge in [0, 0.05) is 17.4 Å². The van der Waals surface area contributed by atoms with E-state index in [2.05, 4.69) is 5.32 Å². The fourth-order valence-corrected chi connectivity index (χ4v) is 5.34. The normalized spacial score (nSPS) is 13.6. The number of nitrogens with zero attached hydrogens (tertiary/aromatic N) is 1. The van der Waals surface area contributed by atoms with Crippen molar-refractivity contribution in [3.63, 3.8) is 0 Å². The maximum absolute atomic E-state index is 13.5. The highest BCUT2D eigenvalue weighted by Gasteiger charge is 2.36. The molecule has 2 unspecified atom stereocenters. The first kappa shape index (κ1) is 21.6. The summed E-state index contributed by atoms with van der Waals surface area (Å²) in [6, 6.07) is 22.8. The van der Waals surface area contributed by atoms with Gasteiger partial charge in [0.25, 0.3) is 5.69 Å². The molecule has 0 bridgehead atoms. The monoisotopic (exact) mass is 444 g/mol. The zero-order valence-electron chi connectivity index (χ0n) is 15.7. The Bertz CT molecular complexity index is 1080. The minimum atomic E-state index is -3.74. The number of nitro benzene ring substituents is 1. The minimum Gasteiger partial charge on any atom is -0.445 e. The molecule has 3 aromatic carbocycles. The molecular weight excluding hydrogens is 427 g/mol. The number of non-ortho nitro benzene ring substituents is 1. The summed E-state index contributed by atoms with van der Waals surface area (Å²) in [4.78, 5) is 23.0. The molecule has 1 N–H and O–H groups in total.